The molecular formula is C21H17Cl2FN3O5S+. The summed E-state index contributed by atoms with van der Waals surface area (Å²) in [4.78, 5) is 23.9. The minimum absolute atomic E-state index is 0.0906. The van der Waals surface area contributed by atoms with Gasteiger partial charge in [0.25, 0.3) is 11.8 Å². The van der Waals surface area contributed by atoms with Gasteiger partial charge in [-0.3, -0.25) is 9.59 Å². The van der Waals surface area contributed by atoms with Gasteiger partial charge in [-0.05, 0) is 42.5 Å². The average Bonchev–Trinajstić information content (AvgIpc) is 2.74. The van der Waals surface area contributed by atoms with Gasteiger partial charge in [-0.15, -0.1) is 3.89 Å². The highest BCUT2D eigenvalue weighted by molar-refractivity contribution is 7.86. The van der Waals surface area contributed by atoms with E-state index in [2.05, 4.69) is 10.6 Å². The first kappa shape index (κ1) is 24.4. The molecule has 3 aromatic rings. The molecule has 8 nitrogen and oxygen atoms in total. The zero-order chi connectivity index (χ0) is 24.0. The second-order valence-corrected chi connectivity index (χ2v) is 8.85. The summed E-state index contributed by atoms with van der Waals surface area (Å²) in [6.45, 7) is -0.357. The van der Waals surface area contributed by atoms with Crippen LogP contribution in [-0.2, 0) is 26.4 Å². The van der Waals surface area contributed by atoms with Gasteiger partial charge >= 0.3 is 10.2 Å². The van der Waals surface area contributed by atoms with Crippen LogP contribution in [0.15, 0.2) is 71.9 Å². The number of aromatic nitrogens is 1. The lowest BCUT2D eigenvalue weighted by molar-refractivity contribution is -0.683. The Kier molecular flexibility index (Phi) is 7.85. The number of pyridine rings is 1. The Balaban J connectivity index is 1.53. The third-order valence-electron chi connectivity index (χ3n) is 4.15. The SMILES string of the molecule is O=C(COc1ccc(Cl)c(Cl)c1)Nc1ccc[n+](CC(=O)Nc2ccc(S(=O)(=O)F)cc2)c1. The second-order valence-electron chi connectivity index (χ2n) is 6.69. The normalized spacial score (nSPS) is 11.0. The number of anilines is 2. The summed E-state index contributed by atoms with van der Waals surface area (Å²) in [5.41, 5.74) is 0.738. The van der Waals surface area contributed by atoms with E-state index in [1.54, 1.807) is 36.7 Å². The predicted octanol–water partition coefficient (Wildman–Crippen LogP) is 3.60. The number of nitrogens with one attached hydrogen (secondary N) is 2. The molecule has 172 valence electrons. The van der Waals surface area contributed by atoms with Crippen molar-refractivity contribution in [2.75, 3.05) is 17.2 Å². The molecule has 0 bridgehead atoms. The summed E-state index contributed by atoms with van der Waals surface area (Å²) in [6.07, 6.45) is 3.18. The van der Waals surface area contributed by atoms with E-state index in [1.165, 1.54) is 22.8 Å². The van der Waals surface area contributed by atoms with Gasteiger partial charge in [0.2, 0.25) is 6.54 Å². The average molecular weight is 513 g/mol. The Morgan fingerprint density at radius 2 is 1.64 bits per heavy atom. The van der Waals surface area contributed by atoms with Crippen LogP contribution < -0.4 is 19.9 Å². The van der Waals surface area contributed by atoms with Gasteiger partial charge in [0.15, 0.2) is 19.0 Å². The summed E-state index contributed by atoms with van der Waals surface area (Å²) in [5.74, 6) is -0.454. The molecule has 0 fully saturated rings. The van der Waals surface area contributed by atoms with Crippen molar-refractivity contribution in [1.82, 2.24) is 0 Å². The smallest absolute Gasteiger partial charge is 0.332 e. The first-order valence-electron chi connectivity index (χ1n) is 9.31. The van der Waals surface area contributed by atoms with Crippen molar-refractivity contribution < 1.29 is 31.2 Å². The maximum atomic E-state index is 12.9. The van der Waals surface area contributed by atoms with Gasteiger partial charge < -0.3 is 15.4 Å². The third kappa shape index (κ3) is 7.41. The summed E-state index contributed by atoms with van der Waals surface area (Å²) in [6, 6.07) is 12.6. The molecule has 0 aliphatic heterocycles. The molecule has 0 unspecified atom stereocenters. The number of carbonyl (C=O) groups is 2. The topological polar surface area (TPSA) is 105 Å². The molecule has 0 saturated carbocycles. The second kappa shape index (κ2) is 10.6. The van der Waals surface area contributed by atoms with E-state index >= 15 is 0 Å². The van der Waals surface area contributed by atoms with Gasteiger partial charge in [0, 0.05) is 17.8 Å². The Hall–Kier alpha value is -3.21. The lowest BCUT2D eigenvalue weighted by atomic mass is 10.3. The number of rotatable bonds is 8. The Morgan fingerprint density at radius 1 is 0.939 bits per heavy atom. The first-order chi connectivity index (χ1) is 15.6. The molecule has 0 aliphatic carbocycles. The number of halogens is 3. The highest BCUT2D eigenvalue weighted by Crippen LogP contribution is 2.26. The van der Waals surface area contributed by atoms with Crippen LogP contribution >= 0.6 is 23.2 Å². The molecule has 1 heterocycles. The number of ether oxygens (including phenoxy) is 1. The lowest BCUT2D eigenvalue weighted by Gasteiger charge is -2.08. The maximum Gasteiger partial charge on any atom is 0.332 e. The van der Waals surface area contributed by atoms with E-state index in [4.69, 9.17) is 27.9 Å². The van der Waals surface area contributed by atoms with Crippen LogP contribution in [0.3, 0.4) is 0 Å². The van der Waals surface area contributed by atoms with Crippen molar-refractivity contribution in [3.63, 3.8) is 0 Å². The van der Waals surface area contributed by atoms with Crippen molar-refractivity contribution in [2.24, 2.45) is 0 Å². The number of amides is 2. The molecule has 0 spiro atoms. The van der Waals surface area contributed by atoms with E-state index in [0.29, 0.717) is 27.2 Å². The lowest BCUT2D eigenvalue weighted by Crippen LogP contribution is -2.40. The minimum atomic E-state index is -4.81. The van der Waals surface area contributed by atoms with E-state index < -0.39 is 26.9 Å². The highest BCUT2D eigenvalue weighted by Gasteiger charge is 2.14. The Bertz CT molecular complexity index is 1290. The monoisotopic (exact) mass is 512 g/mol. The Morgan fingerprint density at radius 3 is 2.30 bits per heavy atom. The van der Waals surface area contributed by atoms with E-state index in [9.17, 15) is 21.9 Å². The molecular weight excluding hydrogens is 496 g/mol. The zero-order valence-corrected chi connectivity index (χ0v) is 19.1. The maximum absolute atomic E-state index is 12.9. The van der Waals surface area contributed by atoms with Crippen molar-refractivity contribution in [2.45, 2.75) is 11.4 Å². The van der Waals surface area contributed by atoms with Crippen LogP contribution in [0.2, 0.25) is 10.0 Å². The fourth-order valence-corrected chi connectivity index (χ4v) is 3.42. The van der Waals surface area contributed by atoms with Gasteiger partial charge in [-0.2, -0.15) is 13.0 Å². The Labute approximate surface area is 199 Å². The van der Waals surface area contributed by atoms with Crippen LogP contribution in [0.25, 0.3) is 0 Å². The number of hydrogen-bond acceptors (Lipinski definition) is 5. The van der Waals surface area contributed by atoms with Gasteiger partial charge in [0.05, 0.1) is 14.9 Å². The molecule has 3 rings (SSSR count). The van der Waals surface area contributed by atoms with Gasteiger partial charge in [-0.1, -0.05) is 23.2 Å². The standard InChI is InChI=1S/C21H16Cl2FN3O5S/c22-18-8-5-16(10-19(18)23)32-13-21(29)26-15-2-1-9-27(11-15)12-20(28)25-14-3-6-17(7-4-14)33(24,30)31/h1-11H,12-13H2,(H-,25,26,28,29)/p+1. The molecule has 2 amide bonds. The zero-order valence-electron chi connectivity index (χ0n) is 16.8. The minimum Gasteiger partial charge on any atom is -0.484 e. The molecule has 0 atom stereocenters. The number of nitrogens with zero attached hydrogens (tertiary/aromatic N) is 1. The summed E-state index contributed by atoms with van der Waals surface area (Å²) in [5, 5.41) is 5.90. The first-order valence-corrected chi connectivity index (χ1v) is 11.5. The van der Waals surface area contributed by atoms with Gasteiger partial charge in [0.1, 0.15) is 11.4 Å². The van der Waals surface area contributed by atoms with Crippen molar-refractivity contribution in [1.29, 1.82) is 0 Å². The highest BCUT2D eigenvalue weighted by atomic mass is 35.5. The third-order valence-corrected chi connectivity index (χ3v) is 5.72. The van der Waals surface area contributed by atoms with Crippen LogP contribution in [0.5, 0.6) is 5.75 Å². The van der Waals surface area contributed by atoms with Crippen LogP contribution in [0, 0.1) is 0 Å². The van der Waals surface area contributed by atoms with Crippen molar-refractivity contribution in [3.8, 4) is 5.75 Å². The van der Waals surface area contributed by atoms with Crippen molar-refractivity contribution in [3.05, 3.63) is 77.0 Å². The summed E-state index contributed by atoms with van der Waals surface area (Å²) >= 11 is 11.7. The van der Waals surface area contributed by atoms with E-state index in [1.807, 2.05) is 0 Å². The molecule has 12 heteroatoms. The summed E-state index contributed by atoms with van der Waals surface area (Å²) in [7, 11) is -4.81. The fourth-order valence-electron chi connectivity index (χ4n) is 2.67. The molecule has 2 aromatic carbocycles. The largest absolute Gasteiger partial charge is 0.484 e. The molecule has 0 saturated heterocycles. The molecule has 33 heavy (non-hydrogen) atoms. The molecule has 0 radical (unpaired) electrons. The van der Waals surface area contributed by atoms with Crippen molar-refractivity contribution >= 4 is 56.6 Å². The molecule has 0 aliphatic rings. The quantitative estimate of drug-likeness (QED) is 0.354. The summed E-state index contributed by atoms with van der Waals surface area (Å²) < 4.78 is 41.5. The molecule has 1 aromatic heterocycles. The van der Waals surface area contributed by atoms with Crippen LogP contribution in [0.4, 0.5) is 15.3 Å². The fraction of sp³-hybridized carbons (Fsp3) is 0.0952. The van der Waals surface area contributed by atoms with Crippen LogP contribution in [0.1, 0.15) is 0 Å². The van der Waals surface area contributed by atoms with E-state index in [0.717, 1.165) is 12.1 Å². The number of hydrogen-bond donors (Lipinski definition) is 2. The number of benzene rings is 2. The van der Waals surface area contributed by atoms with Crippen LogP contribution in [-0.4, -0.2) is 26.8 Å². The van der Waals surface area contributed by atoms with Gasteiger partial charge in [-0.25, -0.2) is 0 Å². The predicted molar refractivity (Wildman–Crippen MR) is 121 cm³/mol. The van der Waals surface area contributed by atoms with E-state index in [-0.39, 0.29) is 13.2 Å². The molecule has 2 N–H and O–H groups in total. The number of carbonyl (C=O) groups excluding carboxylic acids is 2.